The van der Waals surface area contributed by atoms with Gasteiger partial charge in [0.25, 0.3) is 0 Å². The third-order valence-corrected chi connectivity index (χ3v) is 9.20. The van der Waals surface area contributed by atoms with Crippen LogP contribution in [0.15, 0.2) is 59.7 Å². The molecule has 5 atom stereocenters. The number of benzene rings is 2. The number of hydrogen-bond donors (Lipinski definition) is 3. The minimum atomic E-state index is -2.22. The predicted molar refractivity (Wildman–Crippen MR) is 174 cm³/mol. The molecule has 1 unspecified atom stereocenters. The second-order valence-corrected chi connectivity index (χ2v) is 12.8. The van der Waals surface area contributed by atoms with Crippen LogP contribution in [0.2, 0.25) is 0 Å². The van der Waals surface area contributed by atoms with Crippen molar-refractivity contribution in [3.05, 3.63) is 81.9 Å². The highest BCUT2D eigenvalue weighted by Gasteiger charge is 2.45. The van der Waals surface area contributed by atoms with Gasteiger partial charge >= 0.3 is 0 Å². The predicted octanol–water partition coefficient (Wildman–Crippen LogP) is 10.0. The van der Waals surface area contributed by atoms with Gasteiger partial charge in [0, 0.05) is 33.0 Å². The molecule has 0 amide bonds. The Kier molecular flexibility index (Phi) is 7.86. The molecule has 0 bridgehead atoms. The number of aromatic hydroxyl groups is 3. The smallest absolute Gasteiger partial charge is 0.127 e. The lowest BCUT2D eigenvalue weighted by atomic mass is 9.68. The lowest BCUT2D eigenvalue weighted by Gasteiger charge is -2.46. The maximum Gasteiger partial charge on any atom is 0.127 e. The van der Waals surface area contributed by atoms with E-state index in [2.05, 4.69) is 32.9 Å². The SMILES string of the molecule is [2H]C([2H])([2H])C1(C)Oc2cc(CCC)cc(O)c2[C@@H]2C=C(C)CC[C@H]21.[2H]C([2H])=C(C)[C@@H]1CCC(C)=C[C@H]1c1c(O)cc(CCC)cc1O. The van der Waals surface area contributed by atoms with Crippen molar-refractivity contribution in [2.75, 3.05) is 0 Å². The van der Waals surface area contributed by atoms with Crippen LogP contribution in [-0.2, 0) is 12.8 Å². The fourth-order valence-corrected chi connectivity index (χ4v) is 7.09. The molecule has 0 saturated carbocycles. The summed E-state index contributed by atoms with van der Waals surface area (Å²) < 4.78 is 45.5. The van der Waals surface area contributed by atoms with Gasteiger partial charge in [-0.3, -0.25) is 0 Å². The van der Waals surface area contributed by atoms with Gasteiger partial charge in [-0.1, -0.05) is 62.1 Å². The Bertz CT molecular complexity index is 1530. The van der Waals surface area contributed by atoms with Crippen LogP contribution in [0, 0.1) is 11.8 Å². The fraction of sp³-hybridized carbons (Fsp3) is 0.526. The Balaban J connectivity index is 0.000000213. The molecule has 3 aliphatic rings. The van der Waals surface area contributed by atoms with E-state index in [1.165, 1.54) is 11.1 Å². The van der Waals surface area contributed by atoms with Gasteiger partial charge in [0.2, 0.25) is 0 Å². The summed E-state index contributed by atoms with van der Waals surface area (Å²) in [5, 5.41) is 31.6. The molecule has 5 rings (SSSR count). The topological polar surface area (TPSA) is 69.9 Å². The molecule has 2 aromatic rings. The zero-order valence-electron chi connectivity index (χ0n) is 31.2. The second kappa shape index (κ2) is 13.0. The van der Waals surface area contributed by atoms with Gasteiger partial charge in [0.1, 0.15) is 28.6 Å². The molecular weight excluding hydrogens is 520 g/mol. The molecule has 2 aliphatic carbocycles. The van der Waals surface area contributed by atoms with Crippen LogP contribution in [-0.4, -0.2) is 20.9 Å². The van der Waals surface area contributed by atoms with E-state index in [-0.39, 0.29) is 47.5 Å². The lowest BCUT2D eigenvalue weighted by Crippen LogP contribution is -2.45. The summed E-state index contributed by atoms with van der Waals surface area (Å²) in [4.78, 5) is 0. The number of phenols is 3. The summed E-state index contributed by atoms with van der Waals surface area (Å²) in [6.07, 6.45) is 11.1. The van der Waals surface area contributed by atoms with E-state index in [0.29, 0.717) is 16.9 Å². The van der Waals surface area contributed by atoms with Gasteiger partial charge < -0.3 is 20.1 Å². The van der Waals surface area contributed by atoms with Crippen LogP contribution in [0.3, 0.4) is 0 Å². The van der Waals surface area contributed by atoms with E-state index in [1.807, 2.05) is 13.0 Å². The zero-order chi connectivity index (χ0) is 34.8. The summed E-state index contributed by atoms with van der Waals surface area (Å²) in [6, 6.07) is 7.18. The van der Waals surface area contributed by atoms with Crippen LogP contribution < -0.4 is 4.74 Å². The minimum absolute atomic E-state index is 0.0301. The molecule has 42 heavy (non-hydrogen) atoms. The summed E-state index contributed by atoms with van der Waals surface area (Å²) in [7, 11) is 0. The summed E-state index contributed by atoms with van der Waals surface area (Å²) in [5.41, 5.74) is 5.11. The number of fused-ring (bicyclic) bond motifs is 3. The molecule has 1 aliphatic heterocycles. The van der Waals surface area contributed by atoms with Gasteiger partial charge in [0.15, 0.2) is 0 Å². The molecule has 0 saturated heterocycles. The molecule has 4 heteroatoms. The molecule has 0 aromatic heterocycles. The Morgan fingerprint density at radius 3 is 2.02 bits per heavy atom. The average molecular weight is 578 g/mol. The molecule has 4 nitrogen and oxygen atoms in total. The Morgan fingerprint density at radius 2 is 1.45 bits per heavy atom. The quantitative estimate of drug-likeness (QED) is 0.299. The van der Waals surface area contributed by atoms with Crippen LogP contribution in [0.4, 0.5) is 0 Å². The van der Waals surface area contributed by atoms with E-state index >= 15 is 0 Å². The van der Waals surface area contributed by atoms with Crippen molar-refractivity contribution in [1.82, 2.24) is 0 Å². The molecule has 0 fully saturated rings. The maximum atomic E-state index is 10.6. The van der Waals surface area contributed by atoms with E-state index in [4.69, 9.17) is 11.6 Å². The molecule has 228 valence electrons. The van der Waals surface area contributed by atoms with Crippen LogP contribution >= 0.6 is 0 Å². The molecular formula is C38H52O4. The summed E-state index contributed by atoms with van der Waals surface area (Å²) in [6.45, 7) is 9.37. The molecule has 0 spiro atoms. The number of allylic oxidation sites excluding steroid dienone is 5. The highest BCUT2D eigenvalue weighted by atomic mass is 16.5. The molecule has 0 radical (unpaired) electrons. The summed E-state index contributed by atoms with van der Waals surface area (Å²) in [5.74, 6) is 0.488. The number of rotatable bonds is 6. The second-order valence-electron chi connectivity index (χ2n) is 12.8. The fourth-order valence-electron chi connectivity index (χ4n) is 7.09. The highest BCUT2D eigenvalue weighted by Crippen LogP contribution is 2.53. The molecule has 2 aromatic carbocycles. The Hall–Kier alpha value is -3.14. The van der Waals surface area contributed by atoms with Gasteiger partial charge in [-0.15, -0.1) is 0 Å². The van der Waals surface area contributed by atoms with Crippen molar-refractivity contribution in [2.24, 2.45) is 11.8 Å². The van der Waals surface area contributed by atoms with Crippen LogP contribution in [0.1, 0.15) is 128 Å². The Morgan fingerprint density at radius 1 is 0.905 bits per heavy atom. The van der Waals surface area contributed by atoms with Crippen molar-refractivity contribution in [1.29, 1.82) is 0 Å². The van der Waals surface area contributed by atoms with E-state index < -0.39 is 12.5 Å². The molecule has 1 heterocycles. The van der Waals surface area contributed by atoms with E-state index in [9.17, 15) is 15.3 Å². The van der Waals surface area contributed by atoms with E-state index in [0.717, 1.165) is 68.1 Å². The average Bonchev–Trinajstić information content (AvgIpc) is 2.96. The van der Waals surface area contributed by atoms with Crippen molar-refractivity contribution in [3.8, 4) is 23.0 Å². The Labute approximate surface area is 260 Å². The first-order valence-corrected chi connectivity index (χ1v) is 15.6. The third-order valence-electron chi connectivity index (χ3n) is 9.20. The van der Waals surface area contributed by atoms with E-state index in [1.54, 1.807) is 32.0 Å². The van der Waals surface area contributed by atoms with Crippen molar-refractivity contribution < 1.29 is 26.9 Å². The number of ether oxygens (including phenoxy) is 1. The van der Waals surface area contributed by atoms with Crippen molar-refractivity contribution in [3.63, 3.8) is 0 Å². The first-order valence-electron chi connectivity index (χ1n) is 18.1. The highest BCUT2D eigenvalue weighted by molar-refractivity contribution is 5.54. The lowest BCUT2D eigenvalue weighted by molar-refractivity contribution is 0.0107. The number of hydrogen-bond acceptors (Lipinski definition) is 4. The van der Waals surface area contributed by atoms with Crippen molar-refractivity contribution in [2.45, 2.75) is 117 Å². The monoisotopic (exact) mass is 577 g/mol. The normalized spacial score (nSPS) is 28.4. The number of phenolic OH excluding ortho intramolecular Hbond substituents is 3. The zero-order valence-corrected chi connectivity index (χ0v) is 26.2. The van der Waals surface area contributed by atoms with Gasteiger partial charge in [-0.2, -0.15) is 0 Å². The first kappa shape index (κ1) is 25.4. The standard InChI is InChI=1S/2C19H26O2/c1-5-6-13-10-16(20)18-14-9-12(2)7-8-15(14)19(3,4)21-17(18)11-13;1-5-6-14-10-17(20)19(18(21)11-14)16-9-13(4)7-8-15(16)12(2)3/h9-11,14-15,20H,5-8H2,1-4H3;9-11,15-16,20-21H,2,5-8H2,1,3-4H3/t14-,15-;15-,16+/m10/s1/i3D3;2D2/t14-,15-,19?;m. The maximum absolute atomic E-state index is 10.6. The largest absolute Gasteiger partial charge is 0.507 e. The number of aryl methyl sites for hydroxylation is 2. The molecule has 3 N–H and O–H groups in total. The van der Waals surface area contributed by atoms with Gasteiger partial charge in [0.05, 0.1) is 2.74 Å². The van der Waals surface area contributed by atoms with Gasteiger partial charge in [-0.25, -0.2) is 0 Å². The van der Waals surface area contributed by atoms with Gasteiger partial charge in [-0.05, 0) is 114 Å². The van der Waals surface area contributed by atoms with Crippen molar-refractivity contribution >= 4 is 0 Å². The first-order chi connectivity index (χ1) is 22.0. The van der Waals surface area contributed by atoms with Crippen LogP contribution in [0.25, 0.3) is 0 Å². The minimum Gasteiger partial charge on any atom is -0.507 e. The van der Waals surface area contributed by atoms with Crippen LogP contribution in [0.5, 0.6) is 23.0 Å². The third kappa shape index (κ3) is 6.74. The summed E-state index contributed by atoms with van der Waals surface area (Å²) >= 11 is 0.